The molecule has 1 rings (SSSR count). The van der Waals surface area contributed by atoms with E-state index in [2.05, 4.69) is 24.0 Å². The van der Waals surface area contributed by atoms with Gasteiger partial charge in [-0.1, -0.05) is 13.8 Å². The van der Waals surface area contributed by atoms with Gasteiger partial charge >= 0.3 is 0 Å². The maximum atomic E-state index is 5.41. The lowest BCUT2D eigenvalue weighted by molar-refractivity contribution is 0.00773. The van der Waals surface area contributed by atoms with Gasteiger partial charge in [-0.05, 0) is 32.0 Å². The Hall–Kier alpha value is -0.680. The van der Waals surface area contributed by atoms with E-state index in [9.17, 15) is 0 Å². The van der Waals surface area contributed by atoms with Crippen LogP contribution in [0.15, 0.2) is 0 Å². The quantitative estimate of drug-likeness (QED) is 0.807. The molecule has 1 aromatic rings. The number of H-pyrrole nitrogens is 1. The molecular formula is C10H19N3OS. The SMILES string of the molecule is COC(C)(C)c1n[nH]c(=S)n1CC(C)C. The Bertz CT molecular complexity index is 378. The fourth-order valence-corrected chi connectivity index (χ4v) is 1.61. The van der Waals surface area contributed by atoms with Gasteiger partial charge in [0.15, 0.2) is 10.6 Å². The fraction of sp³-hybridized carbons (Fsp3) is 0.800. The molecule has 0 aliphatic rings. The molecule has 0 radical (unpaired) electrons. The third-order valence-electron chi connectivity index (χ3n) is 2.35. The van der Waals surface area contributed by atoms with Gasteiger partial charge in [0.05, 0.1) is 0 Å². The van der Waals surface area contributed by atoms with E-state index in [1.54, 1.807) is 7.11 Å². The zero-order chi connectivity index (χ0) is 11.6. The van der Waals surface area contributed by atoms with Crippen molar-refractivity contribution in [3.8, 4) is 0 Å². The number of aromatic nitrogens is 3. The van der Waals surface area contributed by atoms with Crippen LogP contribution in [0, 0.1) is 10.7 Å². The Morgan fingerprint density at radius 2 is 2.13 bits per heavy atom. The Balaban J connectivity index is 3.14. The first-order valence-electron chi connectivity index (χ1n) is 5.09. The molecule has 1 aromatic heterocycles. The van der Waals surface area contributed by atoms with Crippen LogP contribution >= 0.6 is 12.2 Å². The Morgan fingerprint density at radius 3 is 2.60 bits per heavy atom. The molecule has 0 unspecified atom stereocenters. The molecular weight excluding hydrogens is 210 g/mol. The zero-order valence-corrected chi connectivity index (χ0v) is 10.8. The van der Waals surface area contributed by atoms with Gasteiger partial charge in [-0.25, -0.2) is 0 Å². The third kappa shape index (κ3) is 2.66. The van der Waals surface area contributed by atoms with Crippen LogP contribution in [0.1, 0.15) is 33.5 Å². The summed E-state index contributed by atoms with van der Waals surface area (Å²) >= 11 is 5.20. The molecule has 15 heavy (non-hydrogen) atoms. The first-order chi connectivity index (χ1) is 6.88. The summed E-state index contributed by atoms with van der Waals surface area (Å²) in [7, 11) is 1.68. The van der Waals surface area contributed by atoms with Gasteiger partial charge < -0.3 is 9.30 Å². The summed E-state index contributed by atoms with van der Waals surface area (Å²) in [4.78, 5) is 0. The minimum absolute atomic E-state index is 0.414. The number of methoxy groups -OCH3 is 1. The molecule has 0 fully saturated rings. The number of aromatic amines is 1. The van der Waals surface area contributed by atoms with Crippen molar-refractivity contribution in [2.45, 2.75) is 39.8 Å². The lowest BCUT2D eigenvalue weighted by Gasteiger charge is -2.23. The van der Waals surface area contributed by atoms with Crippen LogP contribution in [0.4, 0.5) is 0 Å². The van der Waals surface area contributed by atoms with Gasteiger partial charge in [0.2, 0.25) is 0 Å². The van der Waals surface area contributed by atoms with E-state index in [4.69, 9.17) is 17.0 Å². The van der Waals surface area contributed by atoms with Crippen molar-refractivity contribution < 1.29 is 4.74 Å². The van der Waals surface area contributed by atoms with Crippen LogP contribution in [0.25, 0.3) is 0 Å². The van der Waals surface area contributed by atoms with Gasteiger partial charge in [0.25, 0.3) is 0 Å². The summed E-state index contributed by atoms with van der Waals surface area (Å²) in [6, 6.07) is 0. The van der Waals surface area contributed by atoms with Crippen LogP contribution < -0.4 is 0 Å². The molecule has 1 N–H and O–H groups in total. The van der Waals surface area contributed by atoms with E-state index in [1.807, 2.05) is 18.4 Å². The summed E-state index contributed by atoms with van der Waals surface area (Å²) in [5.74, 6) is 1.38. The molecule has 0 amide bonds. The summed E-state index contributed by atoms with van der Waals surface area (Å²) in [6.07, 6.45) is 0. The number of hydrogen-bond acceptors (Lipinski definition) is 3. The molecule has 0 saturated heterocycles. The number of ether oxygens (including phenoxy) is 1. The van der Waals surface area contributed by atoms with E-state index < -0.39 is 5.60 Å². The van der Waals surface area contributed by atoms with Crippen molar-refractivity contribution in [2.75, 3.05) is 7.11 Å². The molecule has 0 spiro atoms. The second kappa shape index (κ2) is 4.45. The Labute approximate surface area is 95.7 Å². The Morgan fingerprint density at radius 1 is 1.53 bits per heavy atom. The Kier molecular flexibility index (Phi) is 3.67. The zero-order valence-electron chi connectivity index (χ0n) is 10.00. The highest BCUT2D eigenvalue weighted by Crippen LogP contribution is 2.22. The largest absolute Gasteiger partial charge is 0.371 e. The van der Waals surface area contributed by atoms with E-state index in [1.165, 1.54) is 0 Å². The van der Waals surface area contributed by atoms with Gasteiger partial charge in [0, 0.05) is 13.7 Å². The normalized spacial score (nSPS) is 12.4. The van der Waals surface area contributed by atoms with Crippen LogP contribution in [-0.2, 0) is 16.9 Å². The monoisotopic (exact) mass is 229 g/mol. The van der Waals surface area contributed by atoms with Crippen molar-refractivity contribution in [1.82, 2.24) is 14.8 Å². The smallest absolute Gasteiger partial charge is 0.195 e. The predicted molar refractivity (Wildman–Crippen MR) is 62.3 cm³/mol. The van der Waals surface area contributed by atoms with Crippen LogP contribution in [0.3, 0.4) is 0 Å². The van der Waals surface area contributed by atoms with Gasteiger partial charge in [-0.2, -0.15) is 5.10 Å². The first kappa shape index (κ1) is 12.4. The summed E-state index contributed by atoms with van der Waals surface area (Å²) in [6.45, 7) is 9.12. The van der Waals surface area contributed by atoms with E-state index in [0.29, 0.717) is 10.7 Å². The van der Waals surface area contributed by atoms with Crippen LogP contribution in [0.5, 0.6) is 0 Å². The third-order valence-corrected chi connectivity index (χ3v) is 2.67. The van der Waals surface area contributed by atoms with Crippen molar-refractivity contribution >= 4 is 12.2 Å². The fourth-order valence-electron chi connectivity index (χ4n) is 1.40. The standard InChI is InChI=1S/C10H19N3OS/c1-7(2)6-13-8(10(3,4)14-5)11-12-9(13)15/h7H,6H2,1-5H3,(H,12,15). The van der Waals surface area contributed by atoms with Gasteiger partial charge in [-0.15, -0.1) is 0 Å². The van der Waals surface area contributed by atoms with Gasteiger partial charge in [-0.3, -0.25) is 5.10 Å². The summed E-state index contributed by atoms with van der Waals surface area (Å²) in [5, 5.41) is 7.05. The molecule has 0 aromatic carbocycles. The lowest BCUT2D eigenvalue weighted by Crippen LogP contribution is -2.26. The molecule has 0 saturated carbocycles. The van der Waals surface area contributed by atoms with Crippen molar-refractivity contribution in [2.24, 2.45) is 5.92 Å². The molecule has 0 bridgehead atoms. The first-order valence-corrected chi connectivity index (χ1v) is 5.50. The highest BCUT2D eigenvalue weighted by molar-refractivity contribution is 7.71. The summed E-state index contributed by atoms with van der Waals surface area (Å²) in [5.41, 5.74) is -0.414. The summed E-state index contributed by atoms with van der Waals surface area (Å²) < 4.78 is 8.07. The molecule has 5 heteroatoms. The second-order valence-electron chi connectivity index (χ2n) is 4.57. The number of hydrogen-bond donors (Lipinski definition) is 1. The maximum absolute atomic E-state index is 5.41. The highest BCUT2D eigenvalue weighted by atomic mass is 32.1. The molecule has 86 valence electrons. The molecule has 0 aliphatic heterocycles. The van der Waals surface area contributed by atoms with Gasteiger partial charge in [0.1, 0.15) is 5.60 Å². The highest BCUT2D eigenvalue weighted by Gasteiger charge is 2.26. The minimum Gasteiger partial charge on any atom is -0.371 e. The second-order valence-corrected chi connectivity index (χ2v) is 4.96. The molecule has 1 heterocycles. The number of nitrogens with one attached hydrogen (secondary N) is 1. The molecule has 0 atom stereocenters. The van der Waals surface area contributed by atoms with E-state index in [0.717, 1.165) is 12.4 Å². The molecule has 4 nitrogen and oxygen atoms in total. The lowest BCUT2D eigenvalue weighted by atomic mass is 10.1. The minimum atomic E-state index is -0.414. The van der Waals surface area contributed by atoms with Crippen LogP contribution in [0.2, 0.25) is 0 Å². The predicted octanol–water partition coefficient (Wildman–Crippen LogP) is 2.48. The topological polar surface area (TPSA) is 42.8 Å². The number of rotatable bonds is 4. The van der Waals surface area contributed by atoms with Crippen molar-refractivity contribution in [1.29, 1.82) is 0 Å². The number of nitrogens with zero attached hydrogens (tertiary/aromatic N) is 2. The molecule has 0 aliphatic carbocycles. The average Bonchev–Trinajstić information content (AvgIpc) is 2.48. The van der Waals surface area contributed by atoms with Crippen LogP contribution in [-0.4, -0.2) is 21.9 Å². The van der Waals surface area contributed by atoms with E-state index in [-0.39, 0.29) is 0 Å². The van der Waals surface area contributed by atoms with Crippen molar-refractivity contribution in [3.63, 3.8) is 0 Å². The average molecular weight is 229 g/mol. The van der Waals surface area contributed by atoms with Crippen molar-refractivity contribution in [3.05, 3.63) is 10.6 Å². The maximum Gasteiger partial charge on any atom is 0.195 e. The van der Waals surface area contributed by atoms with E-state index >= 15 is 0 Å².